The van der Waals surface area contributed by atoms with Gasteiger partial charge in [0.05, 0.1) is 6.04 Å². The Bertz CT molecular complexity index is 498. The summed E-state index contributed by atoms with van der Waals surface area (Å²) in [6, 6.07) is 7.97. The van der Waals surface area contributed by atoms with Crippen molar-refractivity contribution < 1.29 is 9.53 Å². The normalized spacial score (nSPS) is 23.2. The topological polar surface area (TPSA) is 41.6 Å². The lowest BCUT2D eigenvalue weighted by molar-refractivity contribution is -0.131. The zero-order valence-corrected chi connectivity index (χ0v) is 13.0. The van der Waals surface area contributed by atoms with Crippen molar-refractivity contribution in [3.8, 4) is 5.75 Å². The molecule has 114 valence electrons. The molecule has 1 N–H and O–H groups in total. The van der Waals surface area contributed by atoms with E-state index in [1.165, 1.54) is 0 Å². The van der Waals surface area contributed by atoms with Crippen molar-refractivity contribution in [2.45, 2.75) is 45.4 Å². The lowest BCUT2D eigenvalue weighted by Gasteiger charge is -2.30. The van der Waals surface area contributed by atoms with Crippen LogP contribution in [0.2, 0.25) is 0 Å². The quantitative estimate of drug-likeness (QED) is 0.818. The van der Waals surface area contributed by atoms with Crippen LogP contribution in [0.25, 0.3) is 0 Å². The Morgan fingerprint density at radius 3 is 2.67 bits per heavy atom. The van der Waals surface area contributed by atoms with Crippen LogP contribution in [-0.2, 0) is 4.79 Å². The summed E-state index contributed by atoms with van der Waals surface area (Å²) >= 11 is 0. The molecule has 1 saturated heterocycles. The van der Waals surface area contributed by atoms with Crippen LogP contribution in [0.3, 0.4) is 0 Å². The van der Waals surface area contributed by atoms with Crippen LogP contribution < -0.4 is 10.1 Å². The van der Waals surface area contributed by atoms with Gasteiger partial charge in [0, 0.05) is 6.04 Å². The minimum absolute atomic E-state index is 0.0593. The summed E-state index contributed by atoms with van der Waals surface area (Å²) in [6.07, 6.45) is 2.60. The first-order chi connectivity index (χ1) is 10.1. The summed E-state index contributed by atoms with van der Waals surface area (Å²) < 4.78 is 5.49. The van der Waals surface area contributed by atoms with E-state index >= 15 is 0 Å². The van der Waals surface area contributed by atoms with E-state index in [1.54, 1.807) is 6.08 Å². The predicted octanol–water partition coefficient (Wildman–Crippen LogP) is 2.87. The van der Waals surface area contributed by atoms with E-state index in [-0.39, 0.29) is 24.2 Å². The van der Waals surface area contributed by atoms with Gasteiger partial charge < -0.3 is 9.64 Å². The second-order valence-electron chi connectivity index (χ2n) is 5.46. The Labute approximate surface area is 126 Å². The van der Waals surface area contributed by atoms with Gasteiger partial charge in [0.25, 0.3) is 0 Å². The number of hydrogen-bond acceptors (Lipinski definition) is 3. The summed E-state index contributed by atoms with van der Waals surface area (Å²) in [4.78, 5) is 14.3. The van der Waals surface area contributed by atoms with Crippen LogP contribution in [0.15, 0.2) is 36.9 Å². The molecule has 1 aliphatic heterocycles. The van der Waals surface area contributed by atoms with Gasteiger partial charge in [0.15, 0.2) is 0 Å². The summed E-state index contributed by atoms with van der Waals surface area (Å²) in [7, 11) is 0. The molecule has 0 radical (unpaired) electrons. The molecule has 1 aromatic carbocycles. The summed E-state index contributed by atoms with van der Waals surface area (Å²) in [6.45, 7) is 10.2. The van der Waals surface area contributed by atoms with Crippen molar-refractivity contribution >= 4 is 5.91 Å². The standard InChI is InChI=1S/C17H24N2O2/c1-5-11-21-15-9-7-14(8-10-15)16-18-13(4)17(20)19(16)12(3)6-2/h5,7-10,12-13,16,18H,1,6,11H2,2-4H3. The lowest BCUT2D eigenvalue weighted by atomic mass is 10.1. The SMILES string of the molecule is C=CCOc1ccc(C2NC(C)C(=O)N2C(C)CC)cc1. The largest absolute Gasteiger partial charge is 0.490 e. The number of rotatable bonds is 6. The van der Waals surface area contributed by atoms with Crippen LogP contribution in [0.1, 0.15) is 38.9 Å². The highest BCUT2D eigenvalue weighted by Gasteiger charge is 2.39. The molecule has 0 bridgehead atoms. The fraction of sp³-hybridized carbons (Fsp3) is 0.471. The minimum atomic E-state index is -0.138. The molecule has 3 unspecified atom stereocenters. The predicted molar refractivity (Wildman–Crippen MR) is 84.1 cm³/mol. The highest BCUT2D eigenvalue weighted by molar-refractivity contribution is 5.84. The number of benzene rings is 1. The fourth-order valence-corrected chi connectivity index (χ4v) is 2.57. The molecule has 1 aliphatic rings. The molecule has 1 aromatic rings. The number of carbonyl (C=O) groups excluding carboxylic acids is 1. The number of amides is 1. The molecule has 1 amide bonds. The van der Waals surface area contributed by atoms with Crippen LogP contribution in [0.4, 0.5) is 0 Å². The Morgan fingerprint density at radius 1 is 1.43 bits per heavy atom. The monoisotopic (exact) mass is 288 g/mol. The second kappa shape index (κ2) is 6.76. The zero-order chi connectivity index (χ0) is 15.4. The summed E-state index contributed by atoms with van der Waals surface area (Å²) in [5.74, 6) is 0.979. The molecule has 21 heavy (non-hydrogen) atoms. The number of hydrogen-bond donors (Lipinski definition) is 1. The average Bonchev–Trinajstić information content (AvgIpc) is 2.80. The van der Waals surface area contributed by atoms with Crippen LogP contribution in [0, 0.1) is 0 Å². The number of ether oxygens (including phenoxy) is 1. The van der Waals surface area contributed by atoms with Gasteiger partial charge in [-0.3, -0.25) is 10.1 Å². The first kappa shape index (κ1) is 15.6. The van der Waals surface area contributed by atoms with E-state index in [0.717, 1.165) is 17.7 Å². The number of nitrogens with zero attached hydrogens (tertiary/aromatic N) is 1. The van der Waals surface area contributed by atoms with Crippen molar-refractivity contribution in [2.24, 2.45) is 0 Å². The molecule has 4 nitrogen and oxygen atoms in total. The molecule has 0 aromatic heterocycles. The van der Waals surface area contributed by atoms with Crippen LogP contribution >= 0.6 is 0 Å². The number of nitrogens with one attached hydrogen (secondary N) is 1. The maximum Gasteiger partial charge on any atom is 0.241 e. The van der Waals surface area contributed by atoms with Gasteiger partial charge >= 0.3 is 0 Å². The molecule has 0 aliphatic carbocycles. The molecule has 1 fully saturated rings. The van der Waals surface area contributed by atoms with Crippen molar-refractivity contribution in [3.05, 3.63) is 42.5 Å². The average molecular weight is 288 g/mol. The Kier molecular flexibility index (Phi) is 5.02. The van der Waals surface area contributed by atoms with Gasteiger partial charge in [-0.1, -0.05) is 31.7 Å². The number of carbonyl (C=O) groups is 1. The summed E-state index contributed by atoms with van der Waals surface area (Å²) in [5.41, 5.74) is 1.08. The van der Waals surface area contributed by atoms with Gasteiger partial charge in [-0.05, 0) is 38.0 Å². The Morgan fingerprint density at radius 2 is 2.10 bits per heavy atom. The third-order valence-electron chi connectivity index (χ3n) is 3.94. The molecule has 0 saturated carbocycles. The van der Waals surface area contributed by atoms with E-state index in [9.17, 15) is 4.79 Å². The third-order valence-corrected chi connectivity index (χ3v) is 3.94. The van der Waals surface area contributed by atoms with E-state index in [1.807, 2.05) is 36.1 Å². The first-order valence-corrected chi connectivity index (χ1v) is 7.50. The van der Waals surface area contributed by atoms with Crippen molar-refractivity contribution in [1.29, 1.82) is 0 Å². The Hall–Kier alpha value is -1.81. The maximum atomic E-state index is 12.3. The highest BCUT2D eigenvalue weighted by atomic mass is 16.5. The Balaban J connectivity index is 2.19. The molecule has 4 heteroatoms. The maximum absolute atomic E-state index is 12.3. The van der Waals surface area contributed by atoms with Crippen molar-refractivity contribution in [2.75, 3.05) is 6.61 Å². The summed E-state index contributed by atoms with van der Waals surface area (Å²) in [5, 5.41) is 3.37. The zero-order valence-electron chi connectivity index (χ0n) is 13.0. The molecule has 0 spiro atoms. The highest BCUT2D eigenvalue weighted by Crippen LogP contribution is 2.29. The molecule has 3 atom stereocenters. The second-order valence-corrected chi connectivity index (χ2v) is 5.46. The molecule has 1 heterocycles. The van der Waals surface area contributed by atoms with E-state index in [0.29, 0.717) is 6.61 Å². The van der Waals surface area contributed by atoms with Gasteiger partial charge in [0.2, 0.25) is 5.91 Å². The lowest BCUT2D eigenvalue weighted by Crippen LogP contribution is -2.37. The smallest absolute Gasteiger partial charge is 0.241 e. The molecule has 2 rings (SSSR count). The van der Waals surface area contributed by atoms with E-state index < -0.39 is 0 Å². The third kappa shape index (κ3) is 3.27. The van der Waals surface area contributed by atoms with Gasteiger partial charge in [-0.2, -0.15) is 0 Å². The van der Waals surface area contributed by atoms with Gasteiger partial charge in [-0.15, -0.1) is 0 Å². The fourth-order valence-electron chi connectivity index (χ4n) is 2.57. The minimum Gasteiger partial charge on any atom is -0.490 e. The first-order valence-electron chi connectivity index (χ1n) is 7.50. The van der Waals surface area contributed by atoms with Gasteiger partial charge in [-0.25, -0.2) is 0 Å². The molecular formula is C17H24N2O2. The molecular weight excluding hydrogens is 264 g/mol. The van der Waals surface area contributed by atoms with Crippen LogP contribution in [0.5, 0.6) is 5.75 Å². The van der Waals surface area contributed by atoms with Crippen molar-refractivity contribution in [1.82, 2.24) is 10.2 Å². The van der Waals surface area contributed by atoms with E-state index in [2.05, 4.69) is 25.7 Å². The van der Waals surface area contributed by atoms with Crippen molar-refractivity contribution in [3.63, 3.8) is 0 Å². The van der Waals surface area contributed by atoms with Gasteiger partial charge in [0.1, 0.15) is 18.5 Å². The van der Waals surface area contributed by atoms with Crippen LogP contribution in [-0.4, -0.2) is 29.5 Å². The van der Waals surface area contributed by atoms with E-state index in [4.69, 9.17) is 4.74 Å².